The molecule has 174 valence electrons. The highest BCUT2D eigenvalue weighted by molar-refractivity contribution is 6.01. The number of carbonyl (C=O) groups is 4. The van der Waals surface area contributed by atoms with Gasteiger partial charge in [0, 0.05) is 30.8 Å². The van der Waals surface area contributed by atoms with Crippen molar-refractivity contribution in [3.63, 3.8) is 0 Å². The highest BCUT2D eigenvalue weighted by Crippen LogP contribution is 2.28. The Bertz CT molecular complexity index is 887. The molecule has 1 aromatic carbocycles. The van der Waals surface area contributed by atoms with Crippen molar-refractivity contribution in [3.05, 3.63) is 29.3 Å². The topological polar surface area (TPSA) is 131 Å². The lowest BCUT2D eigenvalue weighted by molar-refractivity contribution is -0.146. The van der Waals surface area contributed by atoms with Crippen molar-refractivity contribution in [2.24, 2.45) is 11.7 Å². The standard InChI is InChI=1S/C23H32N4O5/c1-27-19-13-15(9-8-14(19)10-11-20(27)28)21(29)26-18(7-4-12-24)22(30)25-17-6-3-5-16(17)23(31)32-2/h8-9,13,16-18H,3-7,10-12,24H2,1-2H3,(H,25,30)(H,26,29). The zero-order chi connectivity index (χ0) is 23.3. The number of nitrogens with zero attached hydrogens (tertiary/aromatic N) is 1. The van der Waals surface area contributed by atoms with Gasteiger partial charge >= 0.3 is 5.97 Å². The van der Waals surface area contributed by atoms with Gasteiger partial charge in [-0.1, -0.05) is 12.5 Å². The zero-order valence-electron chi connectivity index (χ0n) is 18.7. The van der Waals surface area contributed by atoms with Crippen LogP contribution in [0.3, 0.4) is 0 Å². The summed E-state index contributed by atoms with van der Waals surface area (Å²) >= 11 is 0. The van der Waals surface area contributed by atoms with Gasteiger partial charge in [-0.25, -0.2) is 0 Å². The van der Waals surface area contributed by atoms with Crippen LogP contribution in [-0.2, 0) is 25.5 Å². The Morgan fingerprint density at radius 1 is 1.25 bits per heavy atom. The van der Waals surface area contributed by atoms with Crippen LogP contribution in [0.2, 0.25) is 0 Å². The number of nitrogens with two attached hydrogens (primary N) is 1. The summed E-state index contributed by atoms with van der Waals surface area (Å²) in [4.78, 5) is 51.5. The predicted octanol–water partition coefficient (Wildman–Crippen LogP) is 0.891. The molecule has 1 saturated carbocycles. The molecule has 1 aromatic rings. The molecule has 1 heterocycles. The second kappa shape index (κ2) is 10.6. The molecule has 0 bridgehead atoms. The van der Waals surface area contributed by atoms with E-state index in [0.717, 1.165) is 12.0 Å². The van der Waals surface area contributed by atoms with Gasteiger partial charge in [0.25, 0.3) is 5.91 Å². The number of hydrogen-bond donors (Lipinski definition) is 3. The summed E-state index contributed by atoms with van der Waals surface area (Å²) in [5.74, 6) is -1.43. The Kier molecular flexibility index (Phi) is 7.84. The number of ether oxygens (including phenoxy) is 1. The summed E-state index contributed by atoms with van der Waals surface area (Å²) in [5.41, 5.74) is 7.72. The first-order chi connectivity index (χ1) is 15.3. The van der Waals surface area contributed by atoms with Crippen LogP contribution in [-0.4, -0.2) is 56.5 Å². The summed E-state index contributed by atoms with van der Waals surface area (Å²) in [6.07, 6.45) is 4.21. The second-order valence-corrected chi connectivity index (χ2v) is 8.43. The van der Waals surface area contributed by atoms with Crippen LogP contribution >= 0.6 is 0 Å². The molecule has 1 aliphatic heterocycles. The smallest absolute Gasteiger partial charge is 0.310 e. The number of methoxy groups -OCH3 is 1. The van der Waals surface area contributed by atoms with Crippen LogP contribution in [0.4, 0.5) is 5.69 Å². The molecule has 0 saturated heterocycles. The molecule has 1 aliphatic carbocycles. The van der Waals surface area contributed by atoms with Crippen LogP contribution < -0.4 is 21.3 Å². The summed E-state index contributed by atoms with van der Waals surface area (Å²) in [7, 11) is 3.03. The van der Waals surface area contributed by atoms with E-state index in [0.29, 0.717) is 56.3 Å². The van der Waals surface area contributed by atoms with E-state index in [1.54, 1.807) is 24.1 Å². The van der Waals surface area contributed by atoms with Crippen molar-refractivity contribution in [1.82, 2.24) is 10.6 Å². The summed E-state index contributed by atoms with van der Waals surface area (Å²) in [6.45, 7) is 0.389. The molecule has 9 nitrogen and oxygen atoms in total. The van der Waals surface area contributed by atoms with Gasteiger partial charge in [0.2, 0.25) is 11.8 Å². The number of nitrogens with one attached hydrogen (secondary N) is 2. The maximum absolute atomic E-state index is 13.0. The molecule has 9 heteroatoms. The average Bonchev–Trinajstić information content (AvgIpc) is 3.26. The number of amides is 3. The van der Waals surface area contributed by atoms with Gasteiger partial charge in [-0.05, 0) is 56.3 Å². The Labute approximate surface area is 188 Å². The SMILES string of the molecule is COC(=O)C1CCCC1NC(=O)C(CCCN)NC(=O)c1ccc2c(c1)N(C)C(=O)CC2. The molecule has 3 rings (SSSR count). The van der Waals surface area contributed by atoms with E-state index in [1.807, 2.05) is 6.07 Å². The van der Waals surface area contributed by atoms with Crippen LogP contribution in [0.25, 0.3) is 0 Å². The highest BCUT2D eigenvalue weighted by Gasteiger charge is 2.36. The van der Waals surface area contributed by atoms with Crippen molar-refractivity contribution < 1.29 is 23.9 Å². The molecule has 4 N–H and O–H groups in total. The Morgan fingerprint density at radius 2 is 2.03 bits per heavy atom. The predicted molar refractivity (Wildman–Crippen MR) is 119 cm³/mol. The Morgan fingerprint density at radius 3 is 2.75 bits per heavy atom. The molecule has 1 fully saturated rings. The molecule has 0 aromatic heterocycles. The third-order valence-electron chi connectivity index (χ3n) is 6.36. The van der Waals surface area contributed by atoms with Crippen molar-refractivity contribution in [3.8, 4) is 0 Å². The quantitative estimate of drug-likeness (QED) is 0.511. The number of benzene rings is 1. The minimum absolute atomic E-state index is 0.00646. The number of fused-ring (bicyclic) bond motifs is 1. The van der Waals surface area contributed by atoms with Crippen molar-refractivity contribution in [1.29, 1.82) is 0 Å². The number of anilines is 1. The number of esters is 1. The third kappa shape index (κ3) is 5.27. The third-order valence-corrected chi connectivity index (χ3v) is 6.36. The van der Waals surface area contributed by atoms with Crippen molar-refractivity contribution >= 4 is 29.4 Å². The van der Waals surface area contributed by atoms with E-state index in [2.05, 4.69) is 10.6 Å². The van der Waals surface area contributed by atoms with Crippen LogP contribution in [0, 0.1) is 5.92 Å². The first-order valence-electron chi connectivity index (χ1n) is 11.1. The van der Waals surface area contributed by atoms with E-state index >= 15 is 0 Å². The molecule has 32 heavy (non-hydrogen) atoms. The number of rotatable bonds is 8. The maximum Gasteiger partial charge on any atom is 0.310 e. The minimum atomic E-state index is -0.777. The molecule has 3 amide bonds. The fraction of sp³-hybridized carbons (Fsp3) is 0.565. The number of carbonyl (C=O) groups excluding carboxylic acids is 4. The first kappa shape index (κ1) is 23.7. The monoisotopic (exact) mass is 444 g/mol. The fourth-order valence-electron chi connectivity index (χ4n) is 4.45. The van der Waals surface area contributed by atoms with Crippen LogP contribution in [0.15, 0.2) is 18.2 Å². The molecule has 0 radical (unpaired) electrons. The molecule has 3 atom stereocenters. The van der Waals surface area contributed by atoms with Crippen molar-refractivity contribution in [2.45, 2.75) is 57.0 Å². The summed E-state index contributed by atoms with van der Waals surface area (Å²) < 4.78 is 4.85. The summed E-state index contributed by atoms with van der Waals surface area (Å²) in [5, 5.41) is 5.73. The molecule has 0 spiro atoms. The highest BCUT2D eigenvalue weighted by atomic mass is 16.5. The fourth-order valence-corrected chi connectivity index (χ4v) is 4.45. The maximum atomic E-state index is 13.0. The largest absolute Gasteiger partial charge is 0.469 e. The minimum Gasteiger partial charge on any atom is -0.469 e. The van der Waals surface area contributed by atoms with Gasteiger partial charge in [0.1, 0.15) is 6.04 Å². The Balaban J connectivity index is 1.71. The van der Waals surface area contributed by atoms with Gasteiger partial charge in [-0.2, -0.15) is 0 Å². The lowest BCUT2D eigenvalue weighted by atomic mass is 9.99. The van der Waals surface area contributed by atoms with Crippen LogP contribution in [0.5, 0.6) is 0 Å². The molecule has 3 unspecified atom stereocenters. The number of aryl methyl sites for hydroxylation is 1. The van der Waals surface area contributed by atoms with Crippen molar-refractivity contribution in [2.75, 3.05) is 25.6 Å². The molecular weight excluding hydrogens is 412 g/mol. The van der Waals surface area contributed by atoms with Gasteiger partial charge in [-0.15, -0.1) is 0 Å². The van der Waals surface area contributed by atoms with Gasteiger partial charge in [-0.3, -0.25) is 19.2 Å². The van der Waals surface area contributed by atoms with E-state index in [-0.39, 0.29) is 29.7 Å². The van der Waals surface area contributed by atoms with Gasteiger partial charge in [0.05, 0.1) is 13.0 Å². The number of hydrogen-bond acceptors (Lipinski definition) is 6. The van der Waals surface area contributed by atoms with E-state index in [4.69, 9.17) is 10.5 Å². The summed E-state index contributed by atoms with van der Waals surface area (Å²) in [6, 6.07) is 4.15. The van der Waals surface area contributed by atoms with Gasteiger partial charge in [0.15, 0.2) is 0 Å². The Hall–Kier alpha value is -2.94. The van der Waals surface area contributed by atoms with E-state index < -0.39 is 11.9 Å². The van der Waals surface area contributed by atoms with Crippen LogP contribution in [0.1, 0.15) is 54.4 Å². The van der Waals surface area contributed by atoms with Gasteiger partial charge < -0.3 is 26.0 Å². The molecule has 2 aliphatic rings. The zero-order valence-corrected chi connectivity index (χ0v) is 18.7. The van der Waals surface area contributed by atoms with E-state index in [9.17, 15) is 19.2 Å². The second-order valence-electron chi connectivity index (χ2n) is 8.43. The lowest BCUT2D eigenvalue weighted by Crippen LogP contribution is -2.51. The van der Waals surface area contributed by atoms with E-state index in [1.165, 1.54) is 7.11 Å². The molecular formula is C23H32N4O5. The lowest BCUT2D eigenvalue weighted by Gasteiger charge is -2.26. The first-order valence-corrected chi connectivity index (χ1v) is 11.1. The average molecular weight is 445 g/mol. The normalized spacial score (nSPS) is 21.0.